The first kappa shape index (κ1) is 24.0. The van der Waals surface area contributed by atoms with Crippen LogP contribution in [-0.2, 0) is 22.6 Å². The maximum atomic E-state index is 13.1. The van der Waals surface area contributed by atoms with Crippen LogP contribution in [0.2, 0.25) is 5.28 Å². The molecule has 1 aliphatic rings. The van der Waals surface area contributed by atoms with Crippen molar-refractivity contribution in [1.29, 1.82) is 0 Å². The number of hydrogen-bond acceptors (Lipinski definition) is 5. The molecular formula is C20H32ClN5O4. The molecule has 30 heavy (non-hydrogen) atoms. The number of fused-ring (bicyclic) bond motifs is 1. The summed E-state index contributed by atoms with van der Waals surface area (Å²) in [7, 11) is 1.52. The highest BCUT2D eigenvalue weighted by atomic mass is 35.5. The first-order valence-corrected chi connectivity index (χ1v) is 10.4. The quantitative estimate of drug-likeness (QED) is 0.749. The minimum atomic E-state index is -0.765. The zero-order chi connectivity index (χ0) is 22.9. The third-order valence-electron chi connectivity index (χ3n) is 4.69. The number of nitrogens with one attached hydrogen (secondary N) is 2. The minimum Gasteiger partial charge on any atom is -0.444 e. The molecule has 1 aromatic rings. The predicted octanol–water partition coefficient (Wildman–Crippen LogP) is 2.57. The number of halogens is 1. The molecule has 1 aromatic heterocycles. The van der Waals surface area contributed by atoms with Gasteiger partial charge in [0.05, 0.1) is 12.2 Å². The fourth-order valence-corrected chi connectivity index (χ4v) is 3.48. The highest BCUT2D eigenvalue weighted by molar-refractivity contribution is 6.28. The van der Waals surface area contributed by atoms with Crippen molar-refractivity contribution in [3.05, 3.63) is 16.7 Å². The normalized spacial score (nSPS) is 15.7. The van der Waals surface area contributed by atoms with Gasteiger partial charge >= 0.3 is 6.09 Å². The van der Waals surface area contributed by atoms with E-state index in [4.69, 9.17) is 16.3 Å². The second-order valence-electron chi connectivity index (χ2n) is 9.47. The van der Waals surface area contributed by atoms with Gasteiger partial charge < -0.3 is 24.8 Å². The number of carbonyl (C=O) groups is 3. The molecule has 0 bridgehead atoms. The summed E-state index contributed by atoms with van der Waals surface area (Å²) < 4.78 is 7.21. The summed E-state index contributed by atoms with van der Waals surface area (Å²) in [5.41, 5.74) is -0.521. The summed E-state index contributed by atoms with van der Waals surface area (Å²) in [5, 5.41) is 5.52. The summed E-state index contributed by atoms with van der Waals surface area (Å²) in [6.45, 7) is 12.1. The molecule has 0 fully saturated rings. The van der Waals surface area contributed by atoms with Gasteiger partial charge in [-0.1, -0.05) is 20.8 Å². The molecule has 2 heterocycles. The molecule has 1 aliphatic heterocycles. The highest BCUT2D eigenvalue weighted by Gasteiger charge is 2.35. The van der Waals surface area contributed by atoms with Gasteiger partial charge in [-0.15, -0.1) is 0 Å². The number of imidazole rings is 1. The van der Waals surface area contributed by atoms with Crippen LogP contribution in [0.15, 0.2) is 0 Å². The third kappa shape index (κ3) is 5.65. The van der Waals surface area contributed by atoms with Crippen LogP contribution in [0.5, 0.6) is 0 Å². The zero-order valence-corrected chi connectivity index (χ0v) is 19.5. The molecule has 0 radical (unpaired) electrons. The van der Waals surface area contributed by atoms with Crippen LogP contribution in [0.25, 0.3) is 0 Å². The number of carbonyl (C=O) groups excluding carboxylic acids is 3. The number of amides is 3. The number of hydrogen-bond donors (Lipinski definition) is 2. The van der Waals surface area contributed by atoms with Crippen LogP contribution in [0, 0.1) is 5.41 Å². The van der Waals surface area contributed by atoms with Crippen molar-refractivity contribution in [3.63, 3.8) is 0 Å². The van der Waals surface area contributed by atoms with Crippen molar-refractivity contribution in [2.75, 3.05) is 13.6 Å². The average Bonchev–Trinajstić information content (AvgIpc) is 2.79. The second kappa shape index (κ2) is 8.83. The van der Waals surface area contributed by atoms with Gasteiger partial charge in [0, 0.05) is 20.1 Å². The third-order valence-corrected chi connectivity index (χ3v) is 4.98. The van der Waals surface area contributed by atoms with Gasteiger partial charge in [-0.05, 0) is 44.2 Å². The summed E-state index contributed by atoms with van der Waals surface area (Å²) >= 11 is 6.29. The Hall–Kier alpha value is -2.29. The highest BCUT2D eigenvalue weighted by Crippen LogP contribution is 2.25. The fourth-order valence-electron chi connectivity index (χ4n) is 3.21. The molecule has 3 amide bonds. The number of rotatable bonds is 3. The van der Waals surface area contributed by atoms with Crippen LogP contribution >= 0.6 is 11.6 Å². The lowest BCUT2D eigenvalue weighted by Gasteiger charge is -2.30. The van der Waals surface area contributed by atoms with E-state index in [1.165, 1.54) is 7.05 Å². The summed E-state index contributed by atoms with van der Waals surface area (Å²) in [6.07, 6.45) is 0.184. The molecule has 2 rings (SSSR count). The first-order chi connectivity index (χ1) is 13.7. The maximum absolute atomic E-state index is 13.1. The van der Waals surface area contributed by atoms with Crippen LogP contribution in [0.1, 0.15) is 64.1 Å². The van der Waals surface area contributed by atoms with Crippen molar-refractivity contribution in [3.8, 4) is 0 Å². The van der Waals surface area contributed by atoms with Crippen molar-refractivity contribution in [2.24, 2.45) is 5.41 Å². The van der Waals surface area contributed by atoms with E-state index in [-0.39, 0.29) is 23.4 Å². The van der Waals surface area contributed by atoms with Gasteiger partial charge in [-0.3, -0.25) is 9.59 Å². The molecule has 2 N–H and O–H groups in total. The van der Waals surface area contributed by atoms with Crippen molar-refractivity contribution >= 4 is 29.5 Å². The van der Waals surface area contributed by atoms with E-state index in [2.05, 4.69) is 15.6 Å². The van der Waals surface area contributed by atoms with E-state index in [0.29, 0.717) is 25.2 Å². The van der Waals surface area contributed by atoms with Crippen LogP contribution in [-0.4, -0.2) is 57.6 Å². The van der Waals surface area contributed by atoms with E-state index in [1.54, 1.807) is 30.2 Å². The van der Waals surface area contributed by atoms with E-state index in [1.807, 2.05) is 20.8 Å². The lowest BCUT2D eigenvalue weighted by atomic mass is 9.86. The van der Waals surface area contributed by atoms with E-state index in [0.717, 1.165) is 0 Å². The Labute approximate surface area is 182 Å². The Morgan fingerprint density at radius 3 is 2.30 bits per heavy atom. The van der Waals surface area contributed by atoms with Gasteiger partial charge in [-0.25, -0.2) is 9.78 Å². The van der Waals surface area contributed by atoms with Crippen molar-refractivity contribution in [2.45, 2.75) is 72.7 Å². The fraction of sp³-hybridized carbons (Fsp3) is 0.700. The van der Waals surface area contributed by atoms with Gasteiger partial charge in [0.2, 0.25) is 11.2 Å². The predicted molar refractivity (Wildman–Crippen MR) is 113 cm³/mol. The average molecular weight is 442 g/mol. The molecule has 0 saturated heterocycles. The smallest absolute Gasteiger partial charge is 0.410 e. The van der Waals surface area contributed by atoms with Crippen LogP contribution < -0.4 is 10.6 Å². The first-order valence-electron chi connectivity index (χ1n) is 10.00. The molecule has 0 aromatic carbocycles. The molecule has 1 atom stereocenters. The van der Waals surface area contributed by atoms with Gasteiger partial charge in [0.25, 0.3) is 5.91 Å². The molecule has 0 aliphatic carbocycles. The molecule has 0 spiro atoms. The number of aromatic nitrogens is 2. The monoisotopic (exact) mass is 441 g/mol. The van der Waals surface area contributed by atoms with Gasteiger partial charge in [0.15, 0.2) is 5.69 Å². The number of ether oxygens (including phenoxy) is 1. The van der Waals surface area contributed by atoms with Crippen molar-refractivity contribution in [1.82, 2.24) is 25.1 Å². The Balaban J connectivity index is 2.33. The molecule has 1 unspecified atom stereocenters. The van der Waals surface area contributed by atoms with Crippen LogP contribution in [0.3, 0.4) is 0 Å². The minimum absolute atomic E-state index is 0.105. The standard InChI is InChI=1S/C20H32ClN5O4/c1-19(2,3)14(16(28)22-7)24-15(27)13-12-11-25(18(29)30-20(4,5)6)9-8-10-26(12)17(21)23-13/h14H,8-11H2,1-7H3,(H,22,28)(H,24,27). The SMILES string of the molecule is CNC(=O)C(NC(=O)c1nc(Cl)n2c1CN(C(=O)OC(C)(C)C)CCC2)C(C)(C)C. The Morgan fingerprint density at radius 2 is 1.77 bits per heavy atom. The van der Waals surface area contributed by atoms with Gasteiger partial charge in [-0.2, -0.15) is 0 Å². The van der Waals surface area contributed by atoms with E-state index >= 15 is 0 Å². The Kier molecular flexibility index (Phi) is 7.06. The zero-order valence-electron chi connectivity index (χ0n) is 18.8. The van der Waals surface area contributed by atoms with Crippen molar-refractivity contribution < 1.29 is 19.1 Å². The van der Waals surface area contributed by atoms with Gasteiger partial charge in [0.1, 0.15) is 11.6 Å². The lowest BCUT2D eigenvalue weighted by Crippen LogP contribution is -2.53. The Morgan fingerprint density at radius 1 is 1.13 bits per heavy atom. The Bertz CT molecular complexity index is 822. The van der Waals surface area contributed by atoms with Crippen LogP contribution in [0.4, 0.5) is 4.79 Å². The largest absolute Gasteiger partial charge is 0.444 e. The summed E-state index contributed by atoms with van der Waals surface area (Å²) in [4.78, 5) is 43.7. The summed E-state index contributed by atoms with van der Waals surface area (Å²) in [5.74, 6) is -0.817. The molecule has 9 nitrogen and oxygen atoms in total. The van der Waals surface area contributed by atoms with E-state index in [9.17, 15) is 14.4 Å². The van der Waals surface area contributed by atoms with E-state index < -0.39 is 29.1 Å². The maximum Gasteiger partial charge on any atom is 0.410 e. The molecule has 10 heteroatoms. The summed E-state index contributed by atoms with van der Waals surface area (Å²) in [6, 6.07) is -0.765. The lowest BCUT2D eigenvalue weighted by molar-refractivity contribution is -0.124. The molecule has 168 valence electrons. The number of nitrogens with zero attached hydrogens (tertiary/aromatic N) is 3. The molecular weight excluding hydrogens is 410 g/mol. The topological polar surface area (TPSA) is 106 Å². The molecule has 0 saturated carbocycles. The second-order valence-corrected chi connectivity index (χ2v) is 9.81. The number of likely N-dealkylation sites (N-methyl/N-ethyl adjacent to an activating group) is 1.